The van der Waals surface area contributed by atoms with Crippen LogP contribution in [0.25, 0.3) is 34.2 Å². The van der Waals surface area contributed by atoms with Gasteiger partial charge in [-0.05, 0) is 56.5 Å². The van der Waals surface area contributed by atoms with Crippen LogP contribution in [-0.2, 0) is 20.6 Å². The van der Waals surface area contributed by atoms with Gasteiger partial charge < -0.3 is 9.47 Å². The highest BCUT2D eigenvalue weighted by Crippen LogP contribution is 2.35. The number of piperidine rings is 1. The van der Waals surface area contributed by atoms with E-state index in [1.807, 2.05) is 42.6 Å². The first-order chi connectivity index (χ1) is 17.0. The molecule has 0 saturated carbocycles. The number of H-pyrrole nitrogens is 1. The number of hydrogen-bond donors (Lipinski definition) is 1. The van der Waals surface area contributed by atoms with Crippen molar-refractivity contribution in [3.05, 3.63) is 41.3 Å². The fourth-order valence-electron chi connectivity index (χ4n) is 5.21. The third-order valence-electron chi connectivity index (χ3n) is 7.25. The summed E-state index contributed by atoms with van der Waals surface area (Å²) < 4.78 is 16.4. The lowest BCUT2D eigenvalue weighted by Gasteiger charge is -2.38. The molecule has 0 aliphatic carbocycles. The Morgan fingerprint density at radius 1 is 1.17 bits per heavy atom. The second-order valence-electron chi connectivity index (χ2n) is 9.51. The van der Waals surface area contributed by atoms with Gasteiger partial charge in [0.25, 0.3) is 0 Å². The third kappa shape index (κ3) is 3.80. The van der Waals surface area contributed by atoms with Gasteiger partial charge in [-0.25, -0.2) is 4.68 Å². The lowest BCUT2D eigenvalue weighted by Crippen LogP contribution is -2.46. The fourth-order valence-corrected chi connectivity index (χ4v) is 5.21. The molecule has 9 nitrogen and oxygen atoms in total. The average Bonchev–Trinajstić information content (AvgIpc) is 3.50. The van der Waals surface area contributed by atoms with E-state index in [0.717, 1.165) is 70.8 Å². The van der Waals surface area contributed by atoms with E-state index in [1.165, 1.54) is 0 Å². The average molecular weight is 474 g/mol. The van der Waals surface area contributed by atoms with Crippen molar-refractivity contribution < 1.29 is 9.47 Å². The summed E-state index contributed by atoms with van der Waals surface area (Å²) in [5.41, 5.74) is 6.04. The Hall–Kier alpha value is -3.59. The number of ether oxygens (including phenoxy) is 2. The maximum Gasteiger partial charge on any atom is 0.240 e. The van der Waals surface area contributed by atoms with Crippen molar-refractivity contribution in [2.24, 2.45) is 14.1 Å². The van der Waals surface area contributed by atoms with E-state index in [4.69, 9.17) is 14.6 Å². The summed E-state index contributed by atoms with van der Waals surface area (Å²) in [6, 6.07) is 6.73. The van der Waals surface area contributed by atoms with Crippen molar-refractivity contribution in [1.82, 2.24) is 34.7 Å². The molecule has 3 atom stereocenters. The van der Waals surface area contributed by atoms with E-state index >= 15 is 0 Å². The molecule has 4 bridgehead atoms. The van der Waals surface area contributed by atoms with Crippen LogP contribution in [-0.4, -0.2) is 60.0 Å². The van der Waals surface area contributed by atoms with Crippen molar-refractivity contribution in [3.8, 4) is 22.9 Å². The molecule has 3 aromatic heterocycles. The number of benzene rings is 1. The maximum atomic E-state index is 6.64. The molecule has 35 heavy (non-hydrogen) atoms. The lowest BCUT2D eigenvalue weighted by molar-refractivity contribution is 0.0450. The SMILES string of the molecule is CCOc1nn(C)c2c1/C=C/c1[nH]nc3ccc(cc13)-c1cnn(C)c1O[C@H]1CC[C@H](C)N(C2)C1. The van der Waals surface area contributed by atoms with Gasteiger partial charge in [0.1, 0.15) is 6.10 Å². The Morgan fingerprint density at radius 3 is 2.91 bits per heavy atom. The fraction of sp³-hybridized carbons (Fsp3) is 0.423. The van der Waals surface area contributed by atoms with Crippen molar-refractivity contribution >= 4 is 23.1 Å². The normalized spacial score (nSPS) is 22.7. The summed E-state index contributed by atoms with van der Waals surface area (Å²) in [4.78, 5) is 2.49. The van der Waals surface area contributed by atoms with Crippen LogP contribution in [0.4, 0.5) is 0 Å². The number of aryl methyl sites for hydroxylation is 2. The number of rotatable bonds is 2. The summed E-state index contributed by atoms with van der Waals surface area (Å²) in [7, 11) is 3.93. The summed E-state index contributed by atoms with van der Waals surface area (Å²) in [6.07, 6.45) is 8.23. The lowest BCUT2D eigenvalue weighted by atomic mass is 10.0. The van der Waals surface area contributed by atoms with Gasteiger partial charge in [-0.3, -0.25) is 14.7 Å². The largest absolute Gasteiger partial charge is 0.476 e. The van der Waals surface area contributed by atoms with E-state index in [-0.39, 0.29) is 6.10 Å². The summed E-state index contributed by atoms with van der Waals surface area (Å²) in [5.74, 6) is 1.46. The van der Waals surface area contributed by atoms with Gasteiger partial charge in [0.15, 0.2) is 0 Å². The van der Waals surface area contributed by atoms with Gasteiger partial charge in [0, 0.05) is 38.6 Å². The highest BCUT2D eigenvalue weighted by atomic mass is 16.5. The zero-order chi connectivity index (χ0) is 24.1. The van der Waals surface area contributed by atoms with Gasteiger partial charge in [0.2, 0.25) is 11.8 Å². The smallest absolute Gasteiger partial charge is 0.240 e. The molecule has 5 heterocycles. The number of aromatic nitrogens is 6. The summed E-state index contributed by atoms with van der Waals surface area (Å²) in [5, 5.41) is 18.0. The summed E-state index contributed by atoms with van der Waals surface area (Å²) in [6.45, 7) is 6.45. The molecule has 0 radical (unpaired) electrons. The van der Waals surface area contributed by atoms with Crippen LogP contribution in [0.2, 0.25) is 0 Å². The van der Waals surface area contributed by atoms with Crippen molar-refractivity contribution in [2.75, 3.05) is 13.2 Å². The number of aromatic amines is 1. The third-order valence-corrected chi connectivity index (χ3v) is 7.25. The molecule has 6 rings (SSSR count). The molecule has 1 saturated heterocycles. The van der Waals surface area contributed by atoms with E-state index in [1.54, 1.807) is 0 Å². The minimum absolute atomic E-state index is 0.0808. The molecule has 9 heteroatoms. The molecule has 4 aromatic rings. The molecule has 1 aromatic carbocycles. The van der Waals surface area contributed by atoms with E-state index < -0.39 is 0 Å². The Bertz CT molecular complexity index is 1410. The first-order valence-electron chi connectivity index (χ1n) is 12.3. The van der Waals surface area contributed by atoms with Crippen LogP contribution >= 0.6 is 0 Å². The molecule has 2 aliphatic heterocycles. The molecular formula is C26H31N7O2. The molecule has 1 fully saturated rings. The quantitative estimate of drug-likeness (QED) is 0.473. The van der Waals surface area contributed by atoms with Gasteiger partial charge in [0.05, 0.1) is 40.8 Å². The monoisotopic (exact) mass is 473 g/mol. The van der Waals surface area contributed by atoms with Gasteiger partial charge >= 0.3 is 0 Å². The van der Waals surface area contributed by atoms with Crippen LogP contribution in [0.5, 0.6) is 11.8 Å². The first kappa shape index (κ1) is 21.9. The maximum absolute atomic E-state index is 6.64. The van der Waals surface area contributed by atoms with Crippen LogP contribution in [0, 0.1) is 0 Å². The number of hydrogen-bond acceptors (Lipinski definition) is 6. The van der Waals surface area contributed by atoms with E-state index in [9.17, 15) is 0 Å². The minimum atomic E-state index is 0.0808. The topological polar surface area (TPSA) is 86.0 Å². The van der Waals surface area contributed by atoms with Gasteiger partial charge in [-0.15, -0.1) is 5.10 Å². The Labute approximate surface area is 204 Å². The number of fused-ring (bicyclic) bond motifs is 6. The zero-order valence-corrected chi connectivity index (χ0v) is 20.7. The van der Waals surface area contributed by atoms with Crippen molar-refractivity contribution in [2.45, 2.75) is 45.4 Å². The molecule has 1 unspecified atom stereocenters. The second kappa shape index (κ2) is 8.57. The predicted octanol–water partition coefficient (Wildman–Crippen LogP) is 4.01. The molecular weight excluding hydrogens is 442 g/mol. The Balaban J connectivity index is 1.54. The van der Waals surface area contributed by atoms with E-state index in [2.05, 4.69) is 51.4 Å². The minimum Gasteiger partial charge on any atom is -0.476 e. The number of nitrogens with one attached hydrogen (secondary N) is 1. The van der Waals surface area contributed by atoms with Gasteiger partial charge in [-0.1, -0.05) is 6.07 Å². The highest BCUT2D eigenvalue weighted by molar-refractivity contribution is 5.93. The van der Waals surface area contributed by atoms with E-state index in [0.29, 0.717) is 18.5 Å². The molecule has 182 valence electrons. The Morgan fingerprint density at radius 2 is 2.06 bits per heavy atom. The van der Waals surface area contributed by atoms with Gasteiger partial charge in [-0.2, -0.15) is 10.2 Å². The van der Waals surface area contributed by atoms with Crippen LogP contribution in [0.1, 0.15) is 43.6 Å². The molecule has 0 spiro atoms. The van der Waals surface area contributed by atoms with Crippen molar-refractivity contribution in [3.63, 3.8) is 0 Å². The second-order valence-corrected chi connectivity index (χ2v) is 9.51. The van der Waals surface area contributed by atoms with Crippen molar-refractivity contribution in [1.29, 1.82) is 0 Å². The zero-order valence-electron chi connectivity index (χ0n) is 20.7. The summed E-state index contributed by atoms with van der Waals surface area (Å²) >= 11 is 0. The van der Waals surface area contributed by atoms with Crippen LogP contribution < -0.4 is 9.47 Å². The highest BCUT2D eigenvalue weighted by Gasteiger charge is 2.30. The Kier molecular flexibility index (Phi) is 5.36. The molecule has 0 amide bonds. The molecule has 2 aliphatic rings. The first-order valence-corrected chi connectivity index (χ1v) is 12.3. The van der Waals surface area contributed by atoms with Crippen LogP contribution in [0.3, 0.4) is 0 Å². The number of nitrogens with zero attached hydrogens (tertiary/aromatic N) is 6. The predicted molar refractivity (Wildman–Crippen MR) is 135 cm³/mol. The van der Waals surface area contributed by atoms with Crippen LogP contribution in [0.15, 0.2) is 24.4 Å². The molecule has 1 N–H and O–H groups in total. The standard InChI is InChI=1S/C26H31N7O2/c1-5-34-25-19-9-11-23-20-12-17(7-10-22(20)28-29-23)21-13-27-32(4)26(21)35-18-8-6-16(2)33(14-18)15-24(19)31(3)30-25/h7,9-13,16,18H,5-6,8,14-15H2,1-4H3,(H,28,29)/b11-9+/t16-,18-/m0/s1.